The number of likely N-dealkylation sites (N-methyl/N-ethyl adjacent to an activating group) is 1. The van der Waals surface area contributed by atoms with E-state index in [1.807, 2.05) is 0 Å². The van der Waals surface area contributed by atoms with Gasteiger partial charge in [-0.1, -0.05) is 25.1 Å². The van der Waals surface area contributed by atoms with Gasteiger partial charge in [-0.05, 0) is 49.8 Å². The maximum absolute atomic E-state index is 14.0. The molecule has 1 aromatic heterocycles. The predicted octanol–water partition coefficient (Wildman–Crippen LogP) is 3.43. The Kier molecular flexibility index (Phi) is 1.92. The third-order valence-corrected chi connectivity index (χ3v) is 5.14. The standard InChI is InChI=1S/C23H29N3O2/c1-5-21(27)26-14-15-12-20-18(17-9-8-10-19(26)22(15)17)11-16(13-24(20)4)23(28)25(6-2)7-3/h8-11,14,16,20H,5-7,12-13H2,1-4H3/t16-,20-/m1/s1/i2D3,3D3,4D3,6D2,7D2,8D,9D,10D,14D. The minimum atomic E-state index is -3.89. The Labute approximate surface area is 190 Å². The van der Waals surface area contributed by atoms with Crippen LogP contribution in [0.5, 0.6) is 0 Å². The van der Waals surface area contributed by atoms with Crippen LogP contribution < -0.4 is 0 Å². The highest BCUT2D eigenvalue weighted by Gasteiger charge is 2.37. The van der Waals surface area contributed by atoms with Crippen molar-refractivity contribution in [2.24, 2.45) is 5.92 Å². The summed E-state index contributed by atoms with van der Waals surface area (Å²) >= 11 is 0. The number of amides is 1. The highest BCUT2D eigenvalue weighted by atomic mass is 16.2. The Morgan fingerprint density at radius 1 is 1.36 bits per heavy atom. The average Bonchev–Trinajstić information content (AvgIpc) is 3.18. The van der Waals surface area contributed by atoms with Gasteiger partial charge in [-0.15, -0.1) is 0 Å². The van der Waals surface area contributed by atoms with Crippen LogP contribution in [-0.4, -0.2) is 58.7 Å². The third-order valence-electron chi connectivity index (χ3n) is 5.14. The maximum Gasteiger partial charge on any atom is 0.230 e. The van der Waals surface area contributed by atoms with Crippen LogP contribution in [0.15, 0.2) is 30.4 Å². The minimum Gasteiger partial charge on any atom is -0.343 e. The fraction of sp³-hybridized carbons (Fsp3) is 0.478. The summed E-state index contributed by atoms with van der Waals surface area (Å²) in [6.07, 6.45) is 0.331. The molecule has 5 nitrogen and oxygen atoms in total. The van der Waals surface area contributed by atoms with Gasteiger partial charge in [-0.2, -0.15) is 0 Å². The number of benzene rings is 1. The van der Waals surface area contributed by atoms with E-state index < -0.39 is 87.0 Å². The summed E-state index contributed by atoms with van der Waals surface area (Å²) in [5.74, 6) is -4.18. The molecule has 0 saturated heterocycles. The Balaban J connectivity index is 2.08. The largest absolute Gasteiger partial charge is 0.343 e. The number of rotatable bonds is 4. The summed E-state index contributed by atoms with van der Waals surface area (Å²) < 4.78 is 138. The number of carbonyl (C=O) groups excluding carboxylic acids is 2. The number of hydrogen-bond donors (Lipinski definition) is 0. The van der Waals surface area contributed by atoms with E-state index in [9.17, 15) is 9.59 Å². The summed E-state index contributed by atoms with van der Waals surface area (Å²) in [4.78, 5) is 27.1. The molecular formula is C23H29N3O2. The lowest BCUT2D eigenvalue weighted by Crippen LogP contribution is -2.47. The minimum absolute atomic E-state index is 0.0291. The molecule has 1 aromatic carbocycles. The lowest BCUT2D eigenvalue weighted by molar-refractivity contribution is -0.134. The summed E-state index contributed by atoms with van der Waals surface area (Å²) in [6, 6.07) is -3.04. The molecule has 5 heteroatoms. The molecule has 0 unspecified atom stereocenters. The lowest BCUT2D eigenvalue weighted by Gasteiger charge is -2.40. The van der Waals surface area contributed by atoms with Crippen LogP contribution in [0.3, 0.4) is 0 Å². The van der Waals surface area contributed by atoms with E-state index in [1.165, 1.54) is 6.92 Å². The van der Waals surface area contributed by atoms with Crippen molar-refractivity contribution in [2.45, 2.75) is 39.5 Å². The molecule has 4 rings (SSSR count). The van der Waals surface area contributed by atoms with Crippen molar-refractivity contribution in [1.82, 2.24) is 14.4 Å². The van der Waals surface area contributed by atoms with Crippen molar-refractivity contribution in [3.63, 3.8) is 0 Å². The van der Waals surface area contributed by atoms with Gasteiger partial charge >= 0.3 is 0 Å². The number of hydrogen-bond acceptors (Lipinski definition) is 3. The molecule has 1 amide bonds. The fourth-order valence-electron chi connectivity index (χ4n) is 3.82. The summed E-state index contributed by atoms with van der Waals surface area (Å²) in [6.45, 7) is -17.6. The zero-order valence-corrected chi connectivity index (χ0v) is 15.0. The first-order valence-electron chi connectivity index (χ1n) is 17.2. The van der Waals surface area contributed by atoms with Crippen molar-refractivity contribution in [3.8, 4) is 0 Å². The Bertz CT molecular complexity index is 1590. The first-order valence-corrected chi connectivity index (χ1v) is 8.73. The van der Waals surface area contributed by atoms with Crippen molar-refractivity contribution in [3.05, 3.63) is 41.5 Å². The number of nitrogens with zero attached hydrogens (tertiary/aromatic N) is 3. The molecule has 0 bridgehead atoms. The van der Waals surface area contributed by atoms with Gasteiger partial charge in [0.2, 0.25) is 11.8 Å². The van der Waals surface area contributed by atoms with Gasteiger partial charge in [0.05, 0.1) is 16.9 Å². The van der Waals surface area contributed by atoms with E-state index >= 15 is 0 Å². The Morgan fingerprint density at radius 2 is 2.18 bits per heavy atom. The summed E-state index contributed by atoms with van der Waals surface area (Å²) in [7, 11) is 0. The van der Waals surface area contributed by atoms with Crippen molar-refractivity contribution >= 4 is 28.3 Å². The van der Waals surface area contributed by atoms with Crippen molar-refractivity contribution in [1.29, 1.82) is 0 Å². The van der Waals surface area contributed by atoms with Crippen LogP contribution in [-0.2, 0) is 11.2 Å². The summed E-state index contributed by atoms with van der Waals surface area (Å²) in [5.41, 5.74) is -0.338. The van der Waals surface area contributed by atoms with Crippen LogP contribution in [0.25, 0.3) is 16.5 Å². The highest BCUT2D eigenvalue weighted by molar-refractivity contribution is 6.03. The Morgan fingerprint density at radius 3 is 2.89 bits per heavy atom. The van der Waals surface area contributed by atoms with E-state index in [0.717, 1.165) is 15.5 Å². The average molecular weight is 397 g/mol. The van der Waals surface area contributed by atoms with E-state index in [2.05, 4.69) is 0 Å². The molecule has 2 aromatic rings. The first kappa shape index (κ1) is 7.45. The second-order valence-corrected chi connectivity index (χ2v) is 6.64. The van der Waals surface area contributed by atoms with E-state index in [4.69, 9.17) is 23.3 Å². The molecule has 1 aliphatic heterocycles. The normalized spacial score (nSPS) is 32.6. The third kappa shape index (κ3) is 2.80. The molecule has 28 heavy (non-hydrogen) atoms. The fourth-order valence-corrected chi connectivity index (χ4v) is 3.82. The molecule has 2 heterocycles. The van der Waals surface area contributed by atoms with E-state index in [-0.39, 0.29) is 46.6 Å². The SMILES string of the molecule is [2H]c1c([2H])c([2H])c2c3c(c([2H])n2C(=O)CC)C[C@@H]2C(=C[C@@H](C(=O)N(C([2H])([2H])C([2H])([2H])[2H])C([2H])([2H])C([2H])([2H])[2H])CN2C([2H])([2H])[2H])c13. The monoisotopic (exact) mass is 396 g/mol. The number of aromatic nitrogens is 1. The first-order chi connectivity index (χ1) is 20.2. The van der Waals surface area contributed by atoms with Crippen molar-refractivity contribution in [2.75, 3.05) is 26.5 Å². The van der Waals surface area contributed by atoms with E-state index in [1.54, 1.807) is 0 Å². The number of fused-ring (bicyclic) bond motifs is 2. The smallest absolute Gasteiger partial charge is 0.230 e. The van der Waals surface area contributed by atoms with Crippen LogP contribution in [0.2, 0.25) is 0 Å². The molecule has 2 aliphatic rings. The molecule has 0 radical (unpaired) electrons. The zero-order valence-electron chi connectivity index (χ0n) is 32.0. The molecule has 148 valence electrons. The Hall–Kier alpha value is -2.40. The van der Waals surface area contributed by atoms with Gasteiger partial charge in [0.1, 0.15) is 0 Å². The molecule has 0 spiro atoms. The zero-order chi connectivity index (χ0) is 34.6. The van der Waals surface area contributed by atoms with Gasteiger partial charge in [0, 0.05) is 61.4 Å². The lowest BCUT2D eigenvalue weighted by atomic mass is 9.79. The predicted molar refractivity (Wildman–Crippen MR) is 112 cm³/mol. The number of carbonyl (C=O) groups is 2. The van der Waals surface area contributed by atoms with Crippen LogP contribution in [0.4, 0.5) is 0 Å². The quantitative estimate of drug-likeness (QED) is 0.795. The van der Waals surface area contributed by atoms with E-state index in [0.29, 0.717) is 0 Å². The molecule has 0 N–H and O–H groups in total. The second kappa shape index (κ2) is 7.21. The topological polar surface area (TPSA) is 45.6 Å². The molecule has 0 fully saturated rings. The van der Waals surface area contributed by atoms with Crippen LogP contribution in [0, 0.1) is 5.92 Å². The van der Waals surface area contributed by atoms with Gasteiger partial charge in [-0.25, -0.2) is 0 Å². The molecule has 0 saturated carbocycles. The van der Waals surface area contributed by atoms with Crippen LogP contribution in [0.1, 0.15) is 66.3 Å². The van der Waals surface area contributed by atoms with Crippen molar-refractivity contribution < 1.29 is 32.9 Å². The van der Waals surface area contributed by atoms with Gasteiger partial charge in [0.25, 0.3) is 0 Å². The van der Waals surface area contributed by atoms with Gasteiger partial charge in [0.15, 0.2) is 0 Å². The molecule has 1 aliphatic carbocycles. The maximum atomic E-state index is 14.0. The van der Waals surface area contributed by atoms with Crippen LogP contribution >= 0.6 is 0 Å². The summed E-state index contributed by atoms with van der Waals surface area (Å²) in [5, 5.41) is 0.0291. The van der Waals surface area contributed by atoms with Gasteiger partial charge in [-0.3, -0.25) is 19.1 Å². The highest BCUT2D eigenvalue weighted by Crippen LogP contribution is 2.41. The molecular weight excluding hydrogens is 350 g/mol. The van der Waals surface area contributed by atoms with Gasteiger partial charge < -0.3 is 4.90 Å². The molecule has 2 atom stereocenters. The second-order valence-electron chi connectivity index (χ2n) is 6.64.